The van der Waals surface area contributed by atoms with Crippen molar-refractivity contribution in [3.63, 3.8) is 0 Å². The lowest BCUT2D eigenvalue weighted by molar-refractivity contribution is -0.115. The number of aryl methyl sites for hydroxylation is 1. The molecule has 8 heteroatoms. The monoisotopic (exact) mass is 330 g/mol. The van der Waals surface area contributed by atoms with Crippen LogP contribution in [-0.2, 0) is 11.3 Å². The molecule has 1 aliphatic rings. The maximum atomic E-state index is 12.0. The summed E-state index contributed by atoms with van der Waals surface area (Å²) < 4.78 is 5.01. The molecule has 1 fully saturated rings. The number of nitrogens with zero attached hydrogens (tertiary/aromatic N) is 4. The van der Waals surface area contributed by atoms with Gasteiger partial charge in [-0.1, -0.05) is 5.16 Å². The molecule has 0 spiro atoms. The topological polar surface area (TPSA) is 96.2 Å². The lowest BCUT2D eigenvalue weighted by Crippen LogP contribution is -2.47. The van der Waals surface area contributed by atoms with E-state index in [0.717, 1.165) is 25.9 Å². The first-order valence-corrected chi connectivity index (χ1v) is 8.14. The van der Waals surface area contributed by atoms with Gasteiger partial charge in [0.1, 0.15) is 0 Å². The van der Waals surface area contributed by atoms with Gasteiger partial charge in [0.15, 0.2) is 5.82 Å². The zero-order valence-electron chi connectivity index (χ0n) is 13.7. The van der Waals surface area contributed by atoms with Crippen LogP contribution in [0.25, 0.3) is 0 Å². The molecule has 0 aromatic carbocycles. The number of hydrogen-bond donors (Lipinski definition) is 2. The number of rotatable bonds is 6. The second-order valence-corrected chi connectivity index (χ2v) is 5.97. The summed E-state index contributed by atoms with van der Waals surface area (Å²) in [5.41, 5.74) is 0.710. The largest absolute Gasteiger partial charge is 0.340 e. The van der Waals surface area contributed by atoms with Crippen molar-refractivity contribution >= 4 is 11.6 Å². The van der Waals surface area contributed by atoms with Gasteiger partial charge in [-0.3, -0.25) is 14.7 Å². The molecule has 3 heterocycles. The van der Waals surface area contributed by atoms with Gasteiger partial charge in [0.05, 0.1) is 25.0 Å². The number of piperidine rings is 1. The van der Waals surface area contributed by atoms with E-state index in [0.29, 0.717) is 23.9 Å². The predicted molar refractivity (Wildman–Crippen MR) is 88.2 cm³/mol. The van der Waals surface area contributed by atoms with Gasteiger partial charge in [-0.05, 0) is 31.5 Å². The summed E-state index contributed by atoms with van der Waals surface area (Å²) in [6.45, 7) is 4.63. The first kappa shape index (κ1) is 16.5. The summed E-state index contributed by atoms with van der Waals surface area (Å²) in [6.07, 6.45) is 5.45. The average molecular weight is 330 g/mol. The lowest BCUT2D eigenvalue weighted by atomic mass is 10.1. The Kier molecular flexibility index (Phi) is 5.50. The van der Waals surface area contributed by atoms with Gasteiger partial charge in [-0.25, -0.2) is 0 Å². The molecule has 2 aromatic rings. The molecule has 24 heavy (non-hydrogen) atoms. The first-order chi connectivity index (χ1) is 11.7. The third-order valence-electron chi connectivity index (χ3n) is 3.94. The first-order valence-electron chi connectivity index (χ1n) is 8.14. The number of carbonyl (C=O) groups excluding carboxylic acids is 1. The van der Waals surface area contributed by atoms with Crippen molar-refractivity contribution in [3.8, 4) is 0 Å². The molecular weight excluding hydrogens is 308 g/mol. The van der Waals surface area contributed by atoms with E-state index in [1.165, 1.54) is 0 Å². The van der Waals surface area contributed by atoms with Gasteiger partial charge < -0.3 is 15.2 Å². The fourth-order valence-corrected chi connectivity index (χ4v) is 2.85. The van der Waals surface area contributed by atoms with Gasteiger partial charge in [-0.2, -0.15) is 4.98 Å². The number of hydrogen-bond acceptors (Lipinski definition) is 7. The number of carbonyl (C=O) groups is 1. The highest BCUT2D eigenvalue weighted by atomic mass is 16.5. The third kappa shape index (κ3) is 4.84. The Hall–Kier alpha value is -2.32. The summed E-state index contributed by atoms with van der Waals surface area (Å²) in [5.74, 6) is 1.24. The molecule has 1 amide bonds. The van der Waals surface area contributed by atoms with Crippen LogP contribution in [0.4, 0.5) is 5.69 Å². The van der Waals surface area contributed by atoms with Crippen molar-refractivity contribution in [2.24, 2.45) is 0 Å². The van der Waals surface area contributed by atoms with Crippen LogP contribution < -0.4 is 10.6 Å². The Morgan fingerprint density at radius 2 is 2.42 bits per heavy atom. The highest BCUT2D eigenvalue weighted by Gasteiger charge is 2.21. The summed E-state index contributed by atoms with van der Waals surface area (Å²) in [7, 11) is 0. The minimum Gasteiger partial charge on any atom is -0.340 e. The Morgan fingerprint density at radius 1 is 1.50 bits per heavy atom. The quantitative estimate of drug-likeness (QED) is 0.814. The van der Waals surface area contributed by atoms with Gasteiger partial charge in [-0.15, -0.1) is 0 Å². The van der Waals surface area contributed by atoms with Crippen LogP contribution >= 0.6 is 0 Å². The zero-order valence-corrected chi connectivity index (χ0v) is 13.7. The summed E-state index contributed by atoms with van der Waals surface area (Å²) >= 11 is 0. The SMILES string of the molecule is Cc1nc(CN2CCCC(NCC(=O)Nc3cccnc3)C2)no1. The Bertz CT molecular complexity index is 660. The minimum absolute atomic E-state index is 0.0612. The molecule has 0 bridgehead atoms. The number of nitrogens with one attached hydrogen (secondary N) is 2. The maximum Gasteiger partial charge on any atom is 0.238 e. The molecule has 2 N–H and O–H groups in total. The summed E-state index contributed by atoms with van der Waals surface area (Å²) in [4.78, 5) is 22.5. The fourth-order valence-electron chi connectivity index (χ4n) is 2.85. The van der Waals surface area contributed by atoms with Crippen molar-refractivity contribution in [2.75, 3.05) is 25.0 Å². The number of amides is 1. The molecule has 1 saturated heterocycles. The van der Waals surface area contributed by atoms with E-state index >= 15 is 0 Å². The molecule has 1 aliphatic heterocycles. The van der Waals surface area contributed by atoms with Crippen LogP contribution in [0.3, 0.4) is 0 Å². The molecule has 0 radical (unpaired) electrons. The number of likely N-dealkylation sites (tertiary alicyclic amines) is 1. The van der Waals surface area contributed by atoms with Crippen molar-refractivity contribution in [1.29, 1.82) is 0 Å². The smallest absolute Gasteiger partial charge is 0.238 e. The maximum absolute atomic E-state index is 12.0. The number of pyridine rings is 1. The van der Waals surface area contributed by atoms with Gasteiger partial charge in [0, 0.05) is 25.7 Å². The average Bonchev–Trinajstić information content (AvgIpc) is 2.99. The Labute approximate surface area is 140 Å². The van der Waals surface area contributed by atoms with E-state index in [1.54, 1.807) is 25.4 Å². The van der Waals surface area contributed by atoms with Gasteiger partial charge in [0.2, 0.25) is 11.8 Å². The van der Waals surface area contributed by atoms with E-state index in [1.807, 2.05) is 6.07 Å². The number of anilines is 1. The molecule has 1 unspecified atom stereocenters. The molecule has 1 atom stereocenters. The summed E-state index contributed by atoms with van der Waals surface area (Å²) in [6, 6.07) is 3.90. The molecule has 0 aliphatic carbocycles. The standard InChI is InChI=1S/C16H22N6O2/c1-12-19-15(21-24-12)11-22-7-3-5-14(10-22)18-9-16(23)20-13-4-2-6-17-8-13/h2,4,6,8,14,18H,3,5,7,9-11H2,1H3,(H,20,23). The van der Waals surface area contributed by atoms with Crippen LogP contribution in [0.5, 0.6) is 0 Å². The molecule has 128 valence electrons. The van der Waals surface area contributed by atoms with Crippen LogP contribution in [-0.4, -0.2) is 51.6 Å². The number of aromatic nitrogens is 3. The van der Waals surface area contributed by atoms with E-state index in [9.17, 15) is 4.79 Å². The van der Waals surface area contributed by atoms with E-state index in [4.69, 9.17) is 4.52 Å². The Balaban J connectivity index is 1.42. The second kappa shape index (κ2) is 7.98. The highest BCUT2D eigenvalue weighted by Crippen LogP contribution is 2.12. The van der Waals surface area contributed by atoms with Gasteiger partial charge >= 0.3 is 0 Å². The summed E-state index contributed by atoms with van der Waals surface area (Å²) in [5, 5.41) is 10.1. The second-order valence-electron chi connectivity index (χ2n) is 5.97. The van der Waals surface area contributed by atoms with Crippen molar-refractivity contribution < 1.29 is 9.32 Å². The highest BCUT2D eigenvalue weighted by molar-refractivity contribution is 5.92. The van der Waals surface area contributed by atoms with Crippen molar-refractivity contribution in [1.82, 2.24) is 25.3 Å². The Morgan fingerprint density at radius 3 is 3.17 bits per heavy atom. The lowest BCUT2D eigenvalue weighted by Gasteiger charge is -2.32. The van der Waals surface area contributed by atoms with E-state index in [2.05, 4.69) is 30.7 Å². The van der Waals surface area contributed by atoms with E-state index in [-0.39, 0.29) is 18.5 Å². The van der Waals surface area contributed by atoms with Crippen molar-refractivity contribution in [3.05, 3.63) is 36.2 Å². The predicted octanol–water partition coefficient (Wildman–Crippen LogP) is 0.966. The molecule has 8 nitrogen and oxygen atoms in total. The van der Waals surface area contributed by atoms with Crippen LogP contribution in [0.15, 0.2) is 29.0 Å². The molecule has 2 aromatic heterocycles. The molecule has 0 saturated carbocycles. The van der Waals surface area contributed by atoms with Crippen LogP contribution in [0.2, 0.25) is 0 Å². The molecular formula is C16H22N6O2. The van der Waals surface area contributed by atoms with Crippen molar-refractivity contribution in [2.45, 2.75) is 32.4 Å². The third-order valence-corrected chi connectivity index (χ3v) is 3.94. The fraction of sp³-hybridized carbons (Fsp3) is 0.500. The zero-order chi connectivity index (χ0) is 16.8. The van der Waals surface area contributed by atoms with Crippen LogP contribution in [0.1, 0.15) is 24.6 Å². The normalized spacial score (nSPS) is 18.5. The van der Waals surface area contributed by atoms with E-state index < -0.39 is 0 Å². The van der Waals surface area contributed by atoms with Crippen LogP contribution in [0, 0.1) is 6.92 Å². The van der Waals surface area contributed by atoms with Gasteiger partial charge in [0.25, 0.3) is 0 Å². The molecule has 3 rings (SSSR count). The minimum atomic E-state index is -0.0612.